The van der Waals surface area contributed by atoms with Crippen LogP contribution in [0.5, 0.6) is 0 Å². The first kappa shape index (κ1) is 9.52. The summed E-state index contributed by atoms with van der Waals surface area (Å²) in [6.45, 7) is 4.81. The summed E-state index contributed by atoms with van der Waals surface area (Å²) in [6, 6.07) is 0.542. The molecule has 2 N–H and O–H groups in total. The van der Waals surface area contributed by atoms with Crippen LogP contribution in [0.15, 0.2) is 0 Å². The average molecular weight is 170 g/mol. The number of hydrogen-bond acceptors (Lipinski definition) is 2. The van der Waals surface area contributed by atoms with Crippen molar-refractivity contribution in [2.24, 2.45) is 0 Å². The highest BCUT2D eigenvalue weighted by atomic mass is 16.2. The molecule has 0 aromatic heterocycles. The van der Waals surface area contributed by atoms with Crippen LogP contribution in [0.25, 0.3) is 0 Å². The molecule has 0 radical (unpaired) electrons. The van der Waals surface area contributed by atoms with Crippen molar-refractivity contribution in [2.45, 2.75) is 45.2 Å². The van der Waals surface area contributed by atoms with Crippen LogP contribution in [-0.2, 0) is 4.79 Å². The van der Waals surface area contributed by atoms with Gasteiger partial charge < -0.3 is 10.6 Å². The van der Waals surface area contributed by atoms with E-state index in [-0.39, 0.29) is 11.9 Å². The van der Waals surface area contributed by atoms with Gasteiger partial charge in [-0.1, -0.05) is 0 Å². The van der Waals surface area contributed by atoms with Crippen molar-refractivity contribution in [3.05, 3.63) is 0 Å². The Kier molecular flexibility index (Phi) is 3.53. The summed E-state index contributed by atoms with van der Waals surface area (Å²) in [5.74, 6) is 0.157. The van der Waals surface area contributed by atoms with Crippen LogP contribution in [-0.4, -0.2) is 24.5 Å². The summed E-state index contributed by atoms with van der Waals surface area (Å²) in [6.07, 6.45) is 3.34. The molecule has 1 aliphatic rings. The maximum Gasteiger partial charge on any atom is 0.237 e. The van der Waals surface area contributed by atoms with Crippen LogP contribution in [0.3, 0.4) is 0 Å². The van der Waals surface area contributed by atoms with Crippen LogP contribution in [0, 0.1) is 0 Å². The van der Waals surface area contributed by atoms with Gasteiger partial charge in [0.15, 0.2) is 0 Å². The minimum atomic E-state index is 0.0497. The summed E-state index contributed by atoms with van der Waals surface area (Å²) in [7, 11) is 0. The van der Waals surface area contributed by atoms with Crippen LogP contribution >= 0.6 is 0 Å². The smallest absolute Gasteiger partial charge is 0.237 e. The lowest BCUT2D eigenvalue weighted by Crippen LogP contribution is -2.49. The topological polar surface area (TPSA) is 41.1 Å². The SMILES string of the molecule is CCNC(=O)C1CCCC(C)N1. The molecule has 12 heavy (non-hydrogen) atoms. The molecule has 1 saturated heterocycles. The molecule has 0 aromatic rings. The first-order valence-electron chi connectivity index (χ1n) is 4.77. The van der Waals surface area contributed by atoms with Crippen molar-refractivity contribution in [2.75, 3.05) is 6.54 Å². The Morgan fingerprint density at radius 1 is 1.58 bits per heavy atom. The van der Waals surface area contributed by atoms with Crippen molar-refractivity contribution < 1.29 is 4.79 Å². The molecule has 1 aliphatic heterocycles. The largest absolute Gasteiger partial charge is 0.355 e. The van der Waals surface area contributed by atoms with E-state index in [0.29, 0.717) is 6.04 Å². The normalized spacial score (nSPS) is 29.8. The van der Waals surface area contributed by atoms with E-state index in [2.05, 4.69) is 17.6 Å². The molecule has 2 atom stereocenters. The summed E-state index contributed by atoms with van der Waals surface area (Å²) in [4.78, 5) is 11.4. The molecule has 0 bridgehead atoms. The molecular weight excluding hydrogens is 152 g/mol. The zero-order valence-electron chi connectivity index (χ0n) is 7.89. The minimum absolute atomic E-state index is 0.0497. The summed E-state index contributed by atoms with van der Waals surface area (Å²) < 4.78 is 0. The summed E-state index contributed by atoms with van der Waals surface area (Å²) in [5, 5.41) is 6.12. The van der Waals surface area contributed by atoms with Gasteiger partial charge in [-0.2, -0.15) is 0 Å². The van der Waals surface area contributed by atoms with Crippen molar-refractivity contribution in [3.8, 4) is 0 Å². The molecule has 0 spiro atoms. The second kappa shape index (κ2) is 4.45. The maximum absolute atomic E-state index is 11.4. The number of carbonyl (C=O) groups is 1. The lowest BCUT2D eigenvalue weighted by Gasteiger charge is -2.27. The molecule has 0 aliphatic carbocycles. The van der Waals surface area contributed by atoms with Gasteiger partial charge in [-0.05, 0) is 33.1 Å². The molecule has 3 heteroatoms. The van der Waals surface area contributed by atoms with Gasteiger partial charge >= 0.3 is 0 Å². The second-order valence-corrected chi connectivity index (χ2v) is 3.45. The Morgan fingerprint density at radius 3 is 2.92 bits per heavy atom. The lowest BCUT2D eigenvalue weighted by molar-refractivity contribution is -0.123. The van der Waals surface area contributed by atoms with E-state index in [1.54, 1.807) is 0 Å². The second-order valence-electron chi connectivity index (χ2n) is 3.45. The van der Waals surface area contributed by atoms with Crippen molar-refractivity contribution in [1.29, 1.82) is 0 Å². The van der Waals surface area contributed by atoms with E-state index < -0.39 is 0 Å². The highest BCUT2D eigenvalue weighted by molar-refractivity contribution is 5.81. The molecule has 0 aromatic carbocycles. The molecule has 70 valence electrons. The monoisotopic (exact) mass is 170 g/mol. The van der Waals surface area contributed by atoms with Gasteiger partial charge in [0, 0.05) is 12.6 Å². The predicted molar refractivity (Wildman–Crippen MR) is 48.9 cm³/mol. The van der Waals surface area contributed by atoms with Crippen molar-refractivity contribution in [3.63, 3.8) is 0 Å². The van der Waals surface area contributed by atoms with Gasteiger partial charge in [0.1, 0.15) is 0 Å². The zero-order chi connectivity index (χ0) is 8.97. The zero-order valence-corrected chi connectivity index (χ0v) is 7.89. The van der Waals surface area contributed by atoms with Gasteiger partial charge in [-0.25, -0.2) is 0 Å². The van der Waals surface area contributed by atoms with E-state index in [4.69, 9.17) is 0 Å². The van der Waals surface area contributed by atoms with Gasteiger partial charge in [0.05, 0.1) is 6.04 Å². The number of carbonyl (C=O) groups excluding carboxylic acids is 1. The quantitative estimate of drug-likeness (QED) is 0.639. The van der Waals surface area contributed by atoms with Crippen LogP contribution in [0.1, 0.15) is 33.1 Å². The van der Waals surface area contributed by atoms with E-state index in [1.165, 1.54) is 6.42 Å². The minimum Gasteiger partial charge on any atom is -0.355 e. The first-order chi connectivity index (χ1) is 5.74. The Morgan fingerprint density at radius 2 is 2.33 bits per heavy atom. The van der Waals surface area contributed by atoms with Gasteiger partial charge in [-0.3, -0.25) is 4.79 Å². The number of nitrogens with one attached hydrogen (secondary N) is 2. The van der Waals surface area contributed by atoms with Crippen molar-refractivity contribution in [1.82, 2.24) is 10.6 Å². The molecule has 2 unspecified atom stereocenters. The Balaban J connectivity index is 2.35. The van der Waals surface area contributed by atoms with Crippen LogP contribution in [0.2, 0.25) is 0 Å². The van der Waals surface area contributed by atoms with E-state index in [0.717, 1.165) is 19.4 Å². The Bertz CT molecular complexity index is 159. The van der Waals surface area contributed by atoms with E-state index in [9.17, 15) is 4.79 Å². The van der Waals surface area contributed by atoms with E-state index >= 15 is 0 Å². The molecule has 1 heterocycles. The summed E-state index contributed by atoms with van der Waals surface area (Å²) >= 11 is 0. The molecule has 3 nitrogen and oxygen atoms in total. The van der Waals surface area contributed by atoms with Crippen LogP contribution < -0.4 is 10.6 Å². The molecule has 1 fully saturated rings. The Labute approximate surface area is 73.9 Å². The fourth-order valence-corrected chi connectivity index (χ4v) is 1.64. The molecule has 1 amide bonds. The molecular formula is C9H18N2O. The standard InChI is InChI=1S/C9H18N2O/c1-3-10-9(12)8-6-4-5-7(2)11-8/h7-8,11H,3-6H2,1-2H3,(H,10,12). The highest BCUT2D eigenvalue weighted by Gasteiger charge is 2.23. The molecule has 0 saturated carbocycles. The molecule has 1 rings (SSSR count). The number of piperidine rings is 1. The number of rotatable bonds is 2. The van der Waals surface area contributed by atoms with Crippen LogP contribution in [0.4, 0.5) is 0 Å². The Hall–Kier alpha value is -0.570. The number of amides is 1. The third kappa shape index (κ3) is 2.48. The van der Waals surface area contributed by atoms with Gasteiger partial charge in [0.2, 0.25) is 5.91 Å². The highest BCUT2D eigenvalue weighted by Crippen LogP contribution is 2.11. The van der Waals surface area contributed by atoms with Crippen molar-refractivity contribution >= 4 is 5.91 Å². The summed E-state index contributed by atoms with van der Waals surface area (Å²) in [5.41, 5.74) is 0. The number of hydrogen-bond donors (Lipinski definition) is 2. The van der Waals surface area contributed by atoms with Gasteiger partial charge in [-0.15, -0.1) is 0 Å². The lowest BCUT2D eigenvalue weighted by atomic mass is 9.99. The maximum atomic E-state index is 11.4. The van der Waals surface area contributed by atoms with Gasteiger partial charge in [0.25, 0.3) is 0 Å². The first-order valence-corrected chi connectivity index (χ1v) is 4.77. The average Bonchev–Trinajstić information content (AvgIpc) is 2.05. The predicted octanol–water partition coefficient (Wildman–Crippen LogP) is 0.653. The van der Waals surface area contributed by atoms with E-state index in [1.807, 2.05) is 6.92 Å². The fourth-order valence-electron chi connectivity index (χ4n) is 1.64. The third-order valence-electron chi connectivity index (χ3n) is 2.28. The third-order valence-corrected chi connectivity index (χ3v) is 2.28. The fraction of sp³-hybridized carbons (Fsp3) is 0.889. The number of likely N-dealkylation sites (N-methyl/N-ethyl adjacent to an activating group) is 1.